The number of benzene rings is 1. The van der Waals surface area contributed by atoms with E-state index in [1.165, 1.54) is 49.9 Å². The number of carbonyl (C=O) groups excluding carboxylic acids is 2. The van der Waals surface area contributed by atoms with E-state index < -0.39 is 35.0 Å². The van der Waals surface area contributed by atoms with Gasteiger partial charge in [0.05, 0.1) is 41.9 Å². The van der Waals surface area contributed by atoms with Gasteiger partial charge in [-0.15, -0.1) is 0 Å². The Balaban J connectivity index is 1.37. The zero-order valence-electron chi connectivity index (χ0n) is 18.6. The van der Waals surface area contributed by atoms with Crippen LogP contribution < -0.4 is 15.4 Å². The van der Waals surface area contributed by atoms with Crippen LogP contribution >= 0.6 is 0 Å². The summed E-state index contributed by atoms with van der Waals surface area (Å²) in [5.41, 5.74) is -1.12. The van der Waals surface area contributed by atoms with Crippen molar-refractivity contribution in [2.24, 2.45) is 0 Å². The number of ether oxygens (including phenoxy) is 1. The summed E-state index contributed by atoms with van der Waals surface area (Å²) < 4.78 is 50.6. The Bertz CT molecular complexity index is 1200. The normalized spacial score (nSPS) is 15.2. The van der Waals surface area contributed by atoms with E-state index in [9.17, 15) is 27.9 Å². The summed E-state index contributed by atoms with van der Waals surface area (Å²) in [6.07, 6.45) is -0.842. The number of aliphatic hydroxyl groups is 1. The van der Waals surface area contributed by atoms with Crippen molar-refractivity contribution in [2.45, 2.75) is 44.1 Å². The average Bonchev–Trinajstić information content (AvgIpc) is 3.38. The third kappa shape index (κ3) is 5.62. The molecule has 184 valence electrons. The van der Waals surface area contributed by atoms with E-state index >= 15 is 0 Å². The molecule has 35 heavy (non-hydrogen) atoms. The van der Waals surface area contributed by atoms with E-state index in [-0.39, 0.29) is 23.8 Å². The summed E-state index contributed by atoms with van der Waals surface area (Å²) in [6, 6.07) is 7.78. The van der Waals surface area contributed by atoms with Crippen LogP contribution in [0.4, 0.5) is 13.2 Å². The minimum Gasteiger partial charge on any atom is -0.472 e. The molecule has 0 saturated heterocycles. The quantitative estimate of drug-likeness (QED) is 0.439. The van der Waals surface area contributed by atoms with Crippen LogP contribution in [0.15, 0.2) is 59.5 Å². The molecule has 8 nitrogen and oxygen atoms in total. The van der Waals surface area contributed by atoms with Gasteiger partial charge in [0.2, 0.25) is 5.91 Å². The van der Waals surface area contributed by atoms with Gasteiger partial charge >= 0.3 is 6.18 Å². The zero-order valence-corrected chi connectivity index (χ0v) is 18.6. The number of carbonyl (C=O) groups is 2. The van der Waals surface area contributed by atoms with Crippen LogP contribution in [0, 0.1) is 0 Å². The maximum absolute atomic E-state index is 13.4. The fourth-order valence-corrected chi connectivity index (χ4v) is 3.38. The number of nitrogens with one attached hydrogen (secondary N) is 2. The fraction of sp³-hybridized carbons (Fsp3) is 0.292. The molecule has 1 saturated carbocycles. The first kappa shape index (κ1) is 24.3. The molecule has 2 amide bonds. The van der Waals surface area contributed by atoms with E-state index in [2.05, 4.69) is 15.6 Å². The molecule has 0 bridgehead atoms. The number of aliphatic hydroxyl groups excluding tert-OH is 1. The van der Waals surface area contributed by atoms with E-state index in [4.69, 9.17) is 9.15 Å². The topological polar surface area (TPSA) is 114 Å². The van der Waals surface area contributed by atoms with E-state index in [1.807, 2.05) is 0 Å². The van der Waals surface area contributed by atoms with Crippen LogP contribution in [0.1, 0.15) is 53.0 Å². The first-order chi connectivity index (χ1) is 16.6. The van der Waals surface area contributed by atoms with Crippen LogP contribution in [0.2, 0.25) is 0 Å². The van der Waals surface area contributed by atoms with Gasteiger partial charge in [-0.2, -0.15) is 13.2 Å². The van der Waals surface area contributed by atoms with E-state index in [0.717, 1.165) is 12.1 Å². The molecule has 1 fully saturated rings. The second-order valence-electron chi connectivity index (χ2n) is 8.25. The van der Waals surface area contributed by atoms with Gasteiger partial charge in [-0.3, -0.25) is 14.6 Å². The number of nitrogens with zero attached hydrogens (tertiary/aromatic N) is 1. The molecule has 1 aromatic carbocycles. The van der Waals surface area contributed by atoms with Crippen LogP contribution in [0.25, 0.3) is 0 Å². The lowest BCUT2D eigenvalue weighted by molar-refractivity contribution is -0.138. The number of amides is 2. The highest BCUT2D eigenvalue weighted by Crippen LogP contribution is 2.39. The van der Waals surface area contributed by atoms with Gasteiger partial charge in [-0.1, -0.05) is 6.07 Å². The maximum atomic E-state index is 13.4. The summed E-state index contributed by atoms with van der Waals surface area (Å²) in [7, 11) is 0. The molecule has 0 spiro atoms. The molecule has 0 aliphatic heterocycles. The van der Waals surface area contributed by atoms with Crippen LogP contribution in [-0.2, 0) is 17.5 Å². The second-order valence-corrected chi connectivity index (χ2v) is 8.25. The fourth-order valence-electron chi connectivity index (χ4n) is 3.38. The predicted molar refractivity (Wildman–Crippen MR) is 116 cm³/mol. The molecule has 3 aromatic rings. The Labute approximate surface area is 198 Å². The molecule has 2 heterocycles. The SMILES string of the molecule is CC(O)c1ccc(Oc2ccc(CNC(=O)C3(NC(=O)c4ccoc4)CC3)nc2)c(C(F)(F)F)c1. The molecule has 0 radical (unpaired) electrons. The van der Waals surface area contributed by atoms with Crippen molar-refractivity contribution in [1.82, 2.24) is 15.6 Å². The van der Waals surface area contributed by atoms with Crippen LogP contribution in [-0.4, -0.2) is 27.4 Å². The van der Waals surface area contributed by atoms with Crippen molar-refractivity contribution in [3.8, 4) is 11.5 Å². The highest BCUT2D eigenvalue weighted by atomic mass is 19.4. The van der Waals surface area contributed by atoms with E-state index in [0.29, 0.717) is 24.1 Å². The number of hydrogen-bond donors (Lipinski definition) is 3. The first-order valence-electron chi connectivity index (χ1n) is 10.7. The van der Waals surface area contributed by atoms with Gasteiger partial charge in [0, 0.05) is 0 Å². The van der Waals surface area contributed by atoms with Gasteiger partial charge in [0.1, 0.15) is 23.3 Å². The van der Waals surface area contributed by atoms with Gasteiger partial charge in [-0.25, -0.2) is 0 Å². The molecule has 1 atom stereocenters. The third-order valence-corrected chi connectivity index (χ3v) is 5.57. The van der Waals surface area contributed by atoms with Gasteiger partial charge in [0.15, 0.2) is 0 Å². The lowest BCUT2D eigenvalue weighted by atomic mass is 10.1. The first-order valence-corrected chi connectivity index (χ1v) is 10.7. The van der Waals surface area contributed by atoms with E-state index in [1.54, 1.807) is 0 Å². The van der Waals surface area contributed by atoms with Crippen molar-refractivity contribution < 1.29 is 37.0 Å². The molecule has 2 aromatic heterocycles. The molecule has 1 aliphatic carbocycles. The molecule has 1 unspecified atom stereocenters. The minimum atomic E-state index is -4.68. The van der Waals surface area contributed by atoms with Gasteiger partial charge < -0.3 is 24.9 Å². The number of rotatable bonds is 8. The second kappa shape index (κ2) is 9.41. The summed E-state index contributed by atoms with van der Waals surface area (Å²) >= 11 is 0. The Morgan fingerprint density at radius 1 is 1.23 bits per heavy atom. The monoisotopic (exact) mass is 489 g/mol. The van der Waals surface area contributed by atoms with Gasteiger partial charge in [-0.05, 0) is 55.7 Å². The van der Waals surface area contributed by atoms with Crippen molar-refractivity contribution in [3.63, 3.8) is 0 Å². The summed E-state index contributed by atoms with van der Waals surface area (Å²) in [4.78, 5) is 28.9. The van der Waals surface area contributed by atoms with Crippen LogP contribution in [0.5, 0.6) is 11.5 Å². The maximum Gasteiger partial charge on any atom is 0.419 e. The van der Waals surface area contributed by atoms with Crippen molar-refractivity contribution in [3.05, 3.63) is 77.5 Å². The smallest absolute Gasteiger partial charge is 0.419 e. The minimum absolute atomic E-state index is 0.0549. The summed E-state index contributed by atoms with van der Waals surface area (Å²) in [6.45, 7) is 1.43. The number of aromatic nitrogens is 1. The van der Waals surface area contributed by atoms with Crippen molar-refractivity contribution in [2.75, 3.05) is 0 Å². The zero-order chi connectivity index (χ0) is 25.2. The third-order valence-electron chi connectivity index (χ3n) is 5.57. The molecular weight excluding hydrogens is 467 g/mol. The van der Waals surface area contributed by atoms with Crippen molar-refractivity contribution in [1.29, 1.82) is 0 Å². The molecular formula is C24H22F3N3O5. The Hall–Kier alpha value is -3.86. The number of hydrogen-bond acceptors (Lipinski definition) is 6. The standard InChI is InChI=1S/C24H22F3N3O5/c1-14(31)15-2-5-20(19(10-15)24(25,26)27)35-18-4-3-17(28-12-18)11-29-22(33)23(7-8-23)30-21(32)16-6-9-34-13-16/h2-6,9-10,12-14,31H,7-8,11H2,1H3,(H,29,33)(H,30,32). The average molecular weight is 489 g/mol. The number of pyridine rings is 1. The number of halogens is 3. The lowest BCUT2D eigenvalue weighted by Gasteiger charge is -2.17. The predicted octanol–water partition coefficient (Wildman–Crippen LogP) is 4.12. The molecule has 1 aliphatic rings. The van der Waals surface area contributed by atoms with Gasteiger partial charge in [0.25, 0.3) is 5.91 Å². The number of furan rings is 1. The highest BCUT2D eigenvalue weighted by Gasteiger charge is 2.51. The molecule has 3 N–H and O–H groups in total. The summed E-state index contributed by atoms with van der Waals surface area (Å²) in [5, 5.41) is 15.0. The number of alkyl halides is 3. The summed E-state index contributed by atoms with van der Waals surface area (Å²) in [5.74, 6) is -1.12. The Morgan fingerprint density at radius 3 is 2.57 bits per heavy atom. The van der Waals surface area contributed by atoms with Crippen molar-refractivity contribution >= 4 is 11.8 Å². The highest BCUT2D eigenvalue weighted by molar-refractivity contribution is 6.00. The Kier molecular flexibility index (Phi) is 6.53. The molecule has 11 heteroatoms. The Morgan fingerprint density at radius 2 is 2.00 bits per heavy atom. The molecule has 4 rings (SSSR count). The van der Waals surface area contributed by atoms with Crippen LogP contribution in [0.3, 0.4) is 0 Å². The lowest BCUT2D eigenvalue weighted by Crippen LogP contribution is -2.48. The largest absolute Gasteiger partial charge is 0.472 e.